The number of carbonyl (C=O) groups excluding carboxylic acids is 2. The molecule has 2 aliphatic rings. The minimum Gasteiger partial charge on any atom is -0.466 e. The predicted octanol–water partition coefficient (Wildman–Crippen LogP) is 4.51. The topological polar surface area (TPSA) is 88.2 Å². The lowest BCUT2D eigenvalue weighted by Crippen LogP contribution is -2.27. The van der Waals surface area contributed by atoms with Gasteiger partial charge in [0, 0.05) is 38.3 Å². The highest BCUT2D eigenvalue weighted by molar-refractivity contribution is 5.74. The lowest BCUT2D eigenvalue weighted by molar-refractivity contribution is -0.150. The Hall–Kier alpha value is -2.64. The SMILES string of the molecule is CCOC(=O)[C@@H]1CCCC[C@H]1c1cnn(C)c1.CCOC(=O)[C@H]1CCCC[C@@H]1c1cnn(C)c1. The molecule has 0 bridgehead atoms. The van der Waals surface area contributed by atoms with Crippen LogP contribution in [0.1, 0.15) is 88.2 Å². The lowest BCUT2D eigenvalue weighted by Gasteiger charge is -2.29. The van der Waals surface area contributed by atoms with E-state index in [0.717, 1.165) is 38.5 Å². The molecule has 0 amide bonds. The molecule has 0 spiro atoms. The van der Waals surface area contributed by atoms with Gasteiger partial charge in [-0.3, -0.25) is 19.0 Å². The summed E-state index contributed by atoms with van der Waals surface area (Å²) in [6, 6.07) is 0. The number of carbonyl (C=O) groups is 2. The Morgan fingerprint density at radius 3 is 1.47 bits per heavy atom. The predicted molar refractivity (Wildman–Crippen MR) is 129 cm³/mol. The number of aryl methyl sites for hydroxylation is 2. The fourth-order valence-corrected chi connectivity index (χ4v) is 5.39. The highest BCUT2D eigenvalue weighted by atomic mass is 16.5. The first kappa shape index (κ1) is 26.0. The second-order valence-corrected chi connectivity index (χ2v) is 9.39. The third-order valence-corrected chi connectivity index (χ3v) is 7.02. The lowest BCUT2D eigenvalue weighted by atomic mass is 9.76. The second-order valence-electron chi connectivity index (χ2n) is 9.39. The summed E-state index contributed by atoms with van der Waals surface area (Å²) in [6.45, 7) is 4.66. The van der Waals surface area contributed by atoms with Crippen LogP contribution in [0, 0.1) is 11.8 Å². The van der Waals surface area contributed by atoms with E-state index in [4.69, 9.17) is 9.47 Å². The Kier molecular flexibility index (Phi) is 9.72. The summed E-state index contributed by atoms with van der Waals surface area (Å²) >= 11 is 0. The molecule has 0 aliphatic heterocycles. The first-order chi connectivity index (χ1) is 16.4. The Morgan fingerprint density at radius 2 is 1.15 bits per heavy atom. The molecule has 4 atom stereocenters. The molecule has 2 fully saturated rings. The van der Waals surface area contributed by atoms with Crippen molar-refractivity contribution in [1.82, 2.24) is 19.6 Å². The van der Waals surface area contributed by atoms with Crippen LogP contribution in [0.5, 0.6) is 0 Å². The largest absolute Gasteiger partial charge is 0.466 e. The molecule has 2 aromatic rings. The van der Waals surface area contributed by atoms with Crippen LogP contribution in [-0.2, 0) is 33.2 Å². The highest BCUT2D eigenvalue weighted by Gasteiger charge is 2.34. The molecule has 0 N–H and O–H groups in total. The van der Waals surface area contributed by atoms with Crippen molar-refractivity contribution in [2.45, 2.75) is 77.0 Å². The van der Waals surface area contributed by atoms with Crippen molar-refractivity contribution in [3.05, 3.63) is 35.9 Å². The summed E-state index contributed by atoms with van der Waals surface area (Å²) in [5.41, 5.74) is 2.34. The summed E-state index contributed by atoms with van der Waals surface area (Å²) in [6.07, 6.45) is 16.4. The zero-order chi connectivity index (χ0) is 24.5. The van der Waals surface area contributed by atoms with Gasteiger partial charge < -0.3 is 9.47 Å². The maximum absolute atomic E-state index is 11.9. The number of aromatic nitrogens is 4. The monoisotopic (exact) mass is 472 g/mol. The summed E-state index contributed by atoms with van der Waals surface area (Å²) in [4.78, 5) is 23.9. The van der Waals surface area contributed by atoms with Gasteiger partial charge in [0.2, 0.25) is 0 Å². The van der Waals surface area contributed by atoms with Crippen molar-refractivity contribution >= 4 is 11.9 Å². The van der Waals surface area contributed by atoms with Gasteiger partial charge in [-0.25, -0.2) is 0 Å². The highest BCUT2D eigenvalue weighted by Crippen LogP contribution is 2.39. The molecular weight excluding hydrogens is 432 g/mol. The first-order valence-corrected chi connectivity index (χ1v) is 12.7. The Bertz CT molecular complexity index is 847. The van der Waals surface area contributed by atoms with E-state index < -0.39 is 0 Å². The van der Waals surface area contributed by atoms with Crippen molar-refractivity contribution < 1.29 is 19.1 Å². The maximum atomic E-state index is 11.9. The fraction of sp³-hybridized carbons (Fsp3) is 0.692. The van der Waals surface area contributed by atoms with Gasteiger partial charge in [0.25, 0.3) is 0 Å². The number of esters is 2. The van der Waals surface area contributed by atoms with Gasteiger partial charge in [-0.15, -0.1) is 0 Å². The van der Waals surface area contributed by atoms with Crippen LogP contribution >= 0.6 is 0 Å². The molecule has 0 saturated heterocycles. The van der Waals surface area contributed by atoms with Gasteiger partial charge in [-0.05, 0) is 50.7 Å². The molecule has 8 heteroatoms. The van der Waals surface area contributed by atoms with Crippen LogP contribution < -0.4 is 0 Å². The Balaban J connectivity index is 0.000000191. The number of ether oxygens (including phenoxy) is 2. The molecular formula is C26H40N4O4. The third kappa shape index (κ3) is 6.70. The molecule has 188 valence electrons. The molecule has 2 aliphatic carbocycles. The summed E-state index contributed by atoms with van der Waals surface area (Å²) < 4.78 is 13.9. The summed E-state index contributed by atoms with van der Waals surface area (Å²) in [5.74, 6) is 0.538. The van der Waals surface area contributed by atoms with Crippen LogP contribution in [-0.4, -0.2) is 44.7 Å². The molecule has 0 radical (unpaired) electrons. The van der Waals surface area contributed by atoms with Crippen molar-refractivity contribution in [1.29, 1.82) is 0 Å². The van der Waals surface area contributed by atoms with Crippen molar-refractivity contribution in [3.63, 3.8) is 0 Å². The number of hydrogen-bond donors (Lipinski definition) is 0. The molecule has 2 saturated carbocycles. The molecule has 0 unspecified atom stereocenters. The first-order valence-electron chi connectivity index (χ1n) is 12.7. The van der Waals surface area contributed by atoms with E-state index in [1.807, 2.05) is 52.7 Å². The van der Waals surface area contributed by atoms with E-state index in [2.05, 4.69) is 10.2 Å². The number of hydrogen-bond acceptors (Lipinski definition) is 6. The molecule has 34 heavy (non-hydrogen) atoms. The molecule has 0 aromatic carbocycles. The van der Waals surface area contributed by atoms with Crippen LogP contribution in [0.3, 0.4) is 0 Å². The van der Waals surface area contributed by atoms with E-state index >= 15 is 0 Å². The van der Waals surface area contributed by atoms with Gasteiger partial charge in [-0.2, -0.15) is 10.2 Å². The van der Waals surface area contributed by atoms with Crippen LogP contribution in [0.2, 0.25) is 0 Å². The zero-order valence-electron chi connectivity index (χ0n) is 21.1. The average Bonchev–Trinajstić information content (AvgIpc) is 3.48. The van der Waals surface area contributed by atoms with Gasteiger partial charge in [0.15, 0.2) is 0 Å². The smallest absolute Gasteiger partial charge is 0.309 e. The summed E-state index contributed by atoms with van der Waals surface area (Å²) in [7, 11) is 3.82. The minimum atomic E-state index is -0.0407. The standard InChI is InChI=1S/2C13H20N2O2/c2*1-3-17-13(16)12-7-5-4-6-11(12)10-8-14-15(2)9-10/h2*8-9,11-12H,3-7H2,1-2H3/t2*11-,12+/m10/s1. The number of rotatable bonds is 6. The molecule has 8 nitrogen and oxygen atoms in total. The maximum Gasteiger partial charge on any atom is 0.309 e. The zero-order valence-corrected chi connectivity index (χ0v) is 21.1. The van der Waals surface area contributed by atoms with Gasteiger partial charge in [0.1, 0.15) is 0 Å². The number of nitrogens with zero attached hydrogens (tertiary/aromatic N) is 4. The molecule has 4 rings (SSSR count). The van der Waals surface area contributed by atoms with E-state index in [1.165, 1.54) is 24.0 Å². The van der Waals surface area contributed by atoms with E-state index in [9.17, 15) is 9.59 Å². The average molecular weight is 473 g/mol. The van der Waals surface area contributed by atoms with E-state index in [0.29, 0.717) is 13.2 Å². The van der Waals surface area contributed by atoms with Crippen LogP contribution in [0.4, 0.5) is 0 Å². The normalized spacial score (nSPS) is 24.6. The molecule has 2 aromatic heterocycles. The van der Waals surface area contributed by atoms with Gasteiger partial charge in [0.05, 0.1) is 37.4 Å². The Morgan fingerprint density at radius 1 is 0.765 bits per heavy atom. The van der Waals surface area contributed by atoms with E-state index in [-0.39, 0.29) is 35.6 Å². The van der Waals surface area contributed by atoms with Crippen molar-refractivity contribution in [2.24, 2.45) is 25.9 Å². The third-order valence-electron chi connectivity index (χ3n) is 7.02. The van der Waals surface area contributed by atoms with E-state index in [1.54, 1.807) is 9.36 Å². The second kappa shape index (κ2) is 12.7. The van der Waals surface area contributed by atoms with Crippen molar-refractivity contribution in [2.75, 3.05) is 13.2 Å². The van der Waals surface area contributed by atoms with Gasteiger partial charge >= 0.3 is 11.9 Å². The summed E-state index contributed by atoms with van der Waals surface area (Å²) in [5, 5.41) is 8.39. The Labute approximate surface area is 203 Å². The fourth-order valence-electron chi connectivity index (χ4n) is 5.39. The van der Waals surface area contributed by atoms with Crippen LogP contribution in [0.25, 0.3) is 0 Å². The van der Waals surface area contributed by atoms with Crippen LogP contribution in [0.15, 0.2) is 24.8 Å². The minimum absolute atomic E-state index is 0.0212. The quantitative estimate of drug-likeness (QED) is 0.575. The van der Waals surface area contributed by atoms with Gasteiger partial charge in [-0.1, -0.05) is 25.7 Å². The van der Waals surface area contributed by atoms with Crippen molar-refractivity contribution in [3.8, 4) is 0 Å². The molecule has 2 heterocycles.